The third-order valence-electron chi connectivity index (χ3n) is 2.65. The molecule has 0 aliphatic carbocycles. The van der Waals surface area contributed by atoms with E-state index in [0.717, 1.165) is 0 Å². The third-order valence-corrected chi connectivity index (χ3v) is 3.79. The topological polar surface area (TPSA) is 63.4 Å². The van der Waals surface area contributed by atoms with Crippen molar-refractivity contribution < 1.29 is 8.42 Å². The molecule has 5 heteroatoms. The highest BCUT2D eigenvalue weighted by molar-refractivity contribution is 7.90. The van der Waals surface area contributed by atoms with Crippen LogP contribution in [0.2, 0.25) is 0 Å². The third kappa shape index (κ3) is 2.74. The van der Waals surface area contributed by atoms with Crippen LogP contribution in [0.25, 0.3) is 0 Å². The number of nitrogens with two attached hydrogens (primary N) is 1. The lowest BCUT2D eigenvalue weighted by Crippen LogP contribution is -2.36. The molecular formula is C11H18N2O2S. The highest BCUT2D eigenvalue weighted by Crippen LogP contribution is 2.24. The predicted octanol–water partition coefficient (Wildman–Crippen LogP) is 0.873. The van der Waals surface area contributed by atoms with Gasteiger partial charge in [-0.1, -0.05) is 12.1 Å². The van der Waals surface area contributed by atoms with Gasteiger partial charge in [-0.2, -0.15) is 0 Å². The van der Waals surface area contributed by atoms with Crippen LogP contribution in [0.15, 0.2) is 29.2 Å². The molecule has 0 saturated carbocycles. The fraction of sp³-hybridized carbons (Fsp3) is 0.455. The van der Waals surface area contributed by atoms with Gasteiger partial charge in [0.2, 0.25) is 0 Å². The summed E-state index contributed by atoms with van der Waals surface area (Å²) in [6.45, 7) is 2.44. The van der Waals surface area contributed by atoms with E-state index in [0.29, 0.717) is 17.1 Å². The minimum Gasteiger partial charge on any atom is -0.370 e. The van der Waals surface area contributed by atoms with Crippen LogP contribution >= 0.6 is 0 Å². The molecule has 0 bridgehead atoms. The standard InChI is InChI=1S/C11H18N2O2S/c1-9(8-12)13(2)10-6-4-5-7-11(10)16(3,14)15/h4-7,9H,8,12H2,1-3H3. The summed E-state index contributed by atoms with van der Waals surface area (Å²) in [7, 11) is -1.35. The molecule has 1 unspecified atom stereocenters. The number of likely N-dealkylation sites (N-methyl/N-ethyl adjacent to an activating group) is 1. The monoisotopic (exact) mass is 242 g/mol. The van der Waals surface area contributed by atoms with E-state index in [9.17, 15) is 8.42 Å². The van der Waals surface area contributed by atoms with Crippen LogP contribution in [0.3, 0.4) is 0 Å². The van der Waals surface area contributed by atoms with Gasteiger partial charge in [0.25, 0.3) is 0 Å². The van der Waals surface area contributed by atoms with E-state index in [1.54, 1.807) is 18.2 Å². The molecule has 0 spiro atoms. The Labute approximate surface area is 97.0 Å². The Morgan fingerprint density at radius 3 is 2.44 bits per heavy atom. The lowest BCUT2D eigenvalue weighted by atomic mass is 10.2. The average Bonchev–Trinajstić information content (AvgIpc) is 2.26. The smallest absolute Gasteiger partial charge is 0.177 e. The molecule has 0 saturated heterocycles. The van der Waals surface area contributed by atoms with Gasteiger partial charge in [0.1, 0.15) is 0 Å². The number of hydrogen-bond acceptors (Lipinski definition) is 4. The van der Waals surface area contributed by atoms with E-state index in [4.69, 9.17) is 5.73 Å². The van der Waals surface area contributed by atoms with Crippen LogP contribution in [-0.2, 0) is 9.84 Å². The van der Waals surface area contributed by atoms with E-state index in [2.05, 4.69) is 0 Å². The van der Waals surface area contributed by atoms with Crippen molar-refractivity contribution in [3.05, 3.63) is 24.3 Å². The fourth-order valence-electron chi connectivity index (χ4n) is 1.46. The number of rotatable bonds is 4. The Kier molecular flexibility index (Phi) is 3.93. The van der Waals surface area contributed by atoms with Gasteiger partial charge in [-0.05, 0) is 19.1 Å². The summed E-state index contributed by atoms with van der Waals surface area (Å²) >= 11 is 0. The van der Waals surface area contributed by atoms with Crippen molar-refractivity contribution in [1.82, 2.24) is 0 Å². The number of benzene rings is 1. The summed E-state index contributed by atoms with van der Waals surface area (Å²) in [5, 5.41) is 0. The molecule has 0 aliphatic rings. The molecular weight excluding hydrogens is 224 g/mol. The summed E-state index contributed by atoms with van der Waals surface area (Å²) < 4.78 is 23.2. The minimum atomic E-state index is -3.20. The van der Waals surface area contributed by atoms with Crippen LogP contribution in [0.1, 0.15) is 6.92 Å². The second-order valence-electron chi connectivity index (χ2n) is 3.94. The number of anilines is 1. The van der Waals surface area contributed by atoms with Crippen LogP contribution in [0, 0.1) is 0 Å². The molecule has 0 fully saturated rings. The van der Waals surface area contributed by atoms with Crippen LogP contribution in [0.5, 0.6) is 0 Å². The minimum absolute atomic E-state index is 0.0999. The maximum absolute atomic E-state index is 11.6. The second kappa shape index (κ2) is 4.84. The Morgan fingerprint density at radius 2 is 1.94 bits per heavy atom. The molecule has 0 aliphatic heterocycles. The molecule has 1 rings (SSSR count). The van der Waals surface area contributed by atoms with Gasteiger partial charge < -0.3 is 10.6 Å². The van der Waals surface area contributed by atoms with Gasteiger partial charge in [0, 0.05) is 25.9 Å². The van der Waals surface area contributed by atoms with Crippen molar-refractivity contribution in [2.45, 2.75) is 17.9 Å². The Hall–Kier alpha value is -1.07. The summed E-state index contributed by atoms with van der Waals surface area (Å²) in [5.74, 6) is 0. The van der Waals surface area contributed by atoms with Crippen molar-refractivity contribution in [2.75, 3.05) is 24.7 Å². The Bertz CT molecular complexity index is 457. The molecule has 16 heavy (non-hydrogen) atoms. The molecule has 0 aromatic heterocycles. The summed E-state index contributed by atoms with van der Waals surface area (Å²) in [6.07, 6.45) is 1.22. The van der Waals surface area contributed by atoms with E-state index in [1.165, 1.54) is 6.26 Å². The first kappa shape index (κ1) is 13.0. The number of para-hydroxylation sites is 1. The Balaban J connectivity index is 3.24. The second-order valence-corrected chi connectivity index (χ2v) is 5.92. The van der Waals surface area contributed by atoms with Crippen molar-refractivity contribution in [3.63, 3.8) is 0 Å². The fourth-order valence-corrected chi connectivity index (χ4v) is 2.38. The average molecular weight is 242 g/mol. The van der Waals surface area contributed by atoms with Crippen molar-refractivity contribution in [3.8, 4) is 0 Å². The summed E-state index contributed by atoms with van der Waals surface area (Å²) in [6, 6.07) is 7.06. The normalized spacial score (nSPS) is 13.5. The van der Waals surface area contributed by atoms with Crippen LogP contribution in [0.4, 0.5) is 5.69 Å². The number of sulfone groups is 1. The van der Waals surface area contributed by atoms with Gasteiger partial charge >= 0.3 is 0 Å². The molecule has 1 atom stereocenters. The van der Waals surface area contributed by atoms with E-state index >= 15 is 0 Å². The summed E-state index contributed by atoms with van der Waals surface area (Å²) in [4.78, 5) is 2.23. The molecule has 4 nitrogen and oxygen atoms in total. The quantitative estimate of drug-likeness (QED) is 0.851. The zero-order chi connectivity index (χ0) is 12.3. The number of nitrogens with zero attached hydrogens (tertiary/aromatic N) is 1. The number of hydrogen-bond donors (Lipinski definition) is 1. The predicted molar refractivity (Wildman–Crippen MR) is 66.5 cm³/mol. The highest BCUT2D eigenvalue weighted by Gasteiger charge is 2.17. The molecule has 0 radical (unpaired) electrons. The van der Waals surface area contributed by atoms with Crippen molar-refractivity contribution in [2.24, 2.45) is 5.73 Å². The Morgan fingerprint density at radius 1 is 1.38 bits per heavy atom. The largest absolute Gasteiger partial charge is 0.370 e. The van der Waals surface area contributed by atoms with Gasteiger partial charge in [-0.3, -0.25) is 0 Å². The van der Waals surface area contributed by atoms with Gasteiger partial charge in [-0.25, -0.2) is 8.42 Å². The molecule has 0 amide bonds. The van der Waals surface area contributed by atoms with E-state index in [-0.39, 0.29) is 6.04 Å². The molecule has 0 heterocycles. The van der Waals surface area contributed by atoms with E-state index < -0.39 is 9.84 Å². The SMILES string of the molecule is CC(CN)N(C)c1ccccc1S(C)(=O)=O. The maximum Gasteiger partial charge on any atom is 0.177 e. The lowest BCUT2D eigenvalue weighted by molar-refractivity contribution is 0.600. The zero-order valence-corrected chi connectivity index (χ0v) is 10.7. The maximum atomic E-state index is 11.6. The van der Waals surface area contributed by atoms with Gasteiger partial charge in [0.15, 0.2) is 9.84 Å². The first-order valence-electron chi connectivity index (χ1n) is 5.10. The van der Waals surface area contributed by atoms with Gasteiger partial charge in [-0.15, -0.1) is 0 Å². The first-order valence-corrected chi connectivity index (χ1v) is 6.99. The highest BCUT2D eigenvalue weighted by atomic mass is 32.2. The van der Waals surface area contributed by atoms with Crippen molar-refractivity contribution >= 4 is 15.5 Å². The zero-order valence-electron chi connectivity index (χ0n) is 9.84. The molecule has 1 aromatic rings. The lowest BCUT2D eigenvalue weighted by Gasteiger charge is -2.27. The molecule has 1 aromatic carbocycles. The van der Waals surface area contributed by atoms with Gasteiger partial charge in [0.05, 0.1) is 10.6 Å². The summed E-state index contributed by atoms with van der Waals surface area (Å²) in [5.41, 5.74) is 6.28. The van der Waals surface area contributed by atoms with E-state index in [1.807, 2.05) is 24.9 Å². The van der Waals surface area contributed by atoms with Crippen molar-refractivity contribution in [1.29, 1.82) is 0 Å². The van der Waals surface area contributed by atoms with Crippen LogP contribution in [-0.4, -0.2) is 34.3 Å². The molecule has 2 N–H and O–H groups in total. The van der Waals surface area contributed by atoms with Crippen LogP contribution < -0.4 is 10.6 Å². The first-order chi connectivity index (χ1) is 7.38. The molecule has 90 valence electrons.